The summed E-state index contributed by atoms with van der Waals surface area (Å²) in [7, 11) is 0. The Morgan fingerprint density at radius 1 is 1.38 bits per heavy atom. The van der Waals surface area contributed by atoms with Gasteiger partial charge in [-0.1, -0.05) is 16.4 Å². The quantitative estimate of drug-likeness (QED) is 0.365. The van der Waals surface area contributed by atoms with Gasteiger partial charge >= 0.3 is 5.82 Å². The van der Waals surface area contributed by atoms with Gasteiger partial charge in [-0.05, 0) is 40.4 Å². The van der Waals surface area contributed by atoms with E-state index in [1.165, 1.54) is 0 Å². The number of halogens is 1. The third kappa shape index (κ3) is 3.20. The molecular formula is C11H12ClN5O4. The van der Waals surface area contributed by atoms with Gasteiger partial charge in [0.1, 0.15) is 5.69 Å². The smallest absolute Gasteiger partial charge is 0.409 e. The largest absolute Gasteiger partial charge is 0.438 e. The van der Waals surface area contributed by atoms with E-state index in [0.29, 0.717) is 22.0 Å². The summed E-state index contributed by atoms with van der Waals surface area (Å²) in [6.07, 6.45) is 0.323. The molecule has 1 aromatic heterocycles. The normalized spacial score (nSPS) is 11.8. The molecule has 2 N–H and O–H groups in total. The van der Waals surface area contributed by atoms with Crippen molar-refractivity contribution in [3.05, 3.63) is 44.9 Å². The van der Waals surface area contributed by atoms with E-state index in [2.05, 4.69) is 10.1 Å². The molecule has 0 unspecified atom stereocenters. The van der Waals surface area contributed by atoms with Crippen LogP contribution in [-0.2, 0) is 0 Å². The lowest BCUT2D eigenvalue weighted by atomic mass is 10.3. The Morgan fingerprint density at radius 3 is 2.62 bits per heavy atom. The second kappa shape index (κ2) is 6.37. The zero-order valence-electron chi connectivity index (χ0n) is 10.8. The number of nitrogens with zero attached hydrogens (tertiary/aromatic N) is 5. The molecule has 112 valence electrons. The van der Waals surface area contributed by atoms with Crippen LogP contribution < -0.4 is 5.49 Å². The molecule has 2 aromatic rings. The number of hydrogen-bond acceptors (Lipinski definition) is 6. The Bertz CT molecular complexity index is 706. The van der Waals surface area contributed by atoms with Crippen LogP contribution in [0, 0.1) is 10.1 Å². The summed E-state index contributed by atoms with van der Waals surface area (Å²) in [6, 6.07) is 6.21. The third-order valence-electron chi connectivity index (χ3n) is 2.57. The molecule has 9 nitrogen and oxygen atoms in total. The van der Waals surface area contributed by atoms with E-state index in [-0.39, 0.29) is 18.6 Å². The van der Waals surface area contributed by atoms with Crippen molar-refractivity contribution in [2.45, 2.75) is 6.42 Å². The molecule has 0 amide bonds. The van der Waals surface area contributed by atoms with E-state index in [4.69, 9.17) is 16.7 Å². The van der Waals surface area contributed by atoms with Crippen molar-refractivity contribution in [1.29, 1.82) is 0 Å². The summed E-state index contributed by atoms with van der Waals surface area (Å²) in [6.45, 7) is 0.0261. The maximum atomic E-state index is 11.0. The fourth-order valence-corrected chi connectivity index (χ4v) is 1.73. The van der Waals surface area contributed by atoms with Crippen LogP contribution in [-0.4, -0.2) is 43.1 Å². The van der Waals surface area contributed by atoms with Crippen LogP contribution in [0.5, 0.6) is 0 Å². The van der Waals surface area contributed by atoms with E-state index < -0.39 is 10.7 Å². The maximum absolute atomic E-state index is 11.0. The van der Waals surface area contributed by atoms with Gasteiger partial charge in [-0.15, -0.1) is 0 Å². The van der Waals surface area contributed by atoms with Gasteiger partial charge in [0, 0.05) is 18.2 Å². The first kappa shape index (κ1) is 15.0. The minimum Gasteiger partial charge on any atom is -0.409 e. The molecule has 0 spiro atoms. The first-order valence-corrected chi connectivity index (χ1v) is 6.35. The van der Waals surface area contributed by atoms with E-state index in [1.807, 2.05) is 0 Å². The van der Waals surface area contributed by atoms with Gasteiger partial charge < -0.3 is 20.4 Å². The van der Waals surface area contributed by atoms with E-state index in [0.717, 1.165) is 4.80 Å². The van der Waals surface area contributed by atoms with Crippen LogP contribution in [0.1, 0.15) is 6.42 Å². The average molecular weight is 314 g/mol. The predicted molar refractivity (Wildman–Crippen MR) is 72.5 cm³/mol. The highest BCUT2D eigenvalue weighted by Crippen LogP contribution is 2.13. The molecular weight excluding hydrogens is 302 g/mol. The highest BCUT2D eigenvalue weighted by Gasteiger charge is 2.23. The van der Waals surface area contributed by atoms with E-state index in [1.54, 1.807) is 24.3 Å². The first-order valence-electron chi connectivity index (χ1n) is 5.98. The zero-order chi connectivity index (χ0) is 15.4. The molecule has 10 heteroatoms. The van der Waals surface area contributed by atoms with Crippen LogP contribution in [0.3, 0.4) is 0 Å². The Morgan fingerprint density at radius 2 is 2.05 bits per heavy atom. The summed E-state index contributed by atoms with van der Waals surface area (Å²) in [5.74, 6) is -0.578. The fourth-order valence-electron chi connectivity index (χ4n) is 1.61. The van der Waals surface area contributed by atoms with Gasteiger partial charge in [-0.3, -0.25) is 4.99 Å². The number of aliphatic hydroxyl groups is 1. The first-order chi connectivity index (χ1) is 10.0. The molecule has 0 radical (unpaired) electrons. The SMILES string of the molecule is O=[N+]([O-])c1nn(-c2ccc(Cl)cc2)n(O)c1=NCCCO. The summed E-state index contributed by atoms with van der Waals surface area (Å²) >= 11 is 5.76. The van der Waals surface area contributed by atoms with Crippen molar-refractivity contribution in [3.63, 3.8) is 0 Å². The Kier molecular flexibility index (Phi) is 4.55. The van der Waals surface area contributed by atoms with Crippen LogP contribution >= 0.6 is 11.6 Å². The lowest BCUT2D eigenvalue weighted by Crippen LogP contribution is -2.22. The van der Waals surface area contributed by atoms with Crippen LogP contribution in [0.25, 0.3) is 5.69 Å². The lowest BCUT2D eigenvalue weighted by Gasteiger charge is -1.99. The van der Waals surface area contributed by atoms with Crippen LogP contribution in [0.4, 0.5) is 5.82 Å². The summed E-state index contributed by atoms with van der Waals surface area (Å²) in [5, 5.41) is 33.9. The van der Waals surface area contributed by atoms with Crippen molar-refractivity contribution >= 4 is 17.4 Å². The number of benzene rings is 1. The van der Waals surface area contributed by atoms with Gasteiger partial charge in [-0.2, -0.15) is 0 Å². The van der Waals surface area contributed by atoms with Crippen molar-refractivity contribution in [1.82, 2.24) is 14.7 Å². The van der Waals surface area contributed by atoms with Crippen LogP contribution in [0.15, 0.2) is 29.3 Å². The molecule has 2 rings (SSSR count). The van der Waals surface area contributed by atoms with Gasteiger partial charge in [0.25, 0.3) is 5.49 Å². The molecule has 0 aliphatic rings. The molecule has 0 saturated heterocycles. The Labute approximate surface area is 123 Å². The van der Waals surface area contributed by atoms with Gasteiger partial charge in [0.15, 0.2) is 0 Å². The molecule has 0 fully saturated rings. The second-order valence-electron chi connectivity index (χ2n) is 4.02. The number of aromatic nitrogens is 3. The highest BCUT2D eigenvalue weighted by molar-refractivity contribution is 6.30. The molecule has 1 heterocycles. The zero-order valence-corrected chi connectivity index (χ0v) is 11.5. The Balaban J connectivity index is 2.53. The standard InChI is InChI=1S/C11H12ClN5O4/c12-8-2-4-9(5-3-8)15-14-11(17(20)21)10(16(15)19)13-6-1-7-18/h2-5,18-19H,1,6-7H2. The third-order valence-corrected chi connectivity index (χ3v) is 2.82. The van der Waals surface area contributed by atoms with Crippen molar-refractivity contribution in [2.24, 2.45) is 4.99 Å². The fraction of sp³-hybridized carbons (Fsp3) is 0.273. The van der Waals surface area contributed by atoms with E-state index >= 15 is 0 Å². The molecule has 0 saturated carbocycles. The number of nitro groups is 1. The number of rotatable bonds is 5. The highest BCUT2D eigenvalue weighted by atomic mass is 35.5. The minimum atomic E-state index is -0.739. The number of aliphatic hydroxyl groups excluding tert-OH is 1. The topological polar surface area (TPSA) is 119 Å². The molecule has 0 bridgehead atoms. The van der Waals surface area contributed by atoms with Gasteiger partial charge in [0.2, 0.25) is 0 Å². The molecule has 0 aliphatic carbocycles. The van der Waals surface area contributed by atoms with Crippen molar-refractivity contribution in [2.75, 3.05) is 13.2 Å². The summed E-state index contributed by atoms with van der Waals surface area (Å²) in [5.41, 5.74) is 0.0945. The monoisotopic (exact) mass is 313 g/mol. The lowest BCUT2D eigenvalue weighted by molar-refractivity contribution is -0.391. The summed E-state index contributed by atoms with van der Waals surface area (Å²) < 4.78 is 0. The molecule has 0 aliphatic heterocycles. The molecule has 0 atom stereocenters. The molecule has 21 heavy (non-hydrogen) atoms. The Hall–Kier alpha value is -2.39. The minimum absolute atomic E-state index is 0.103. The summed E-state index contributed by atoms with van der Waals surface area (Å²) in [4.78, 5) is 15.5. The van der Waals surface area contributed by atoms with Crippen molar-refractivity contribution < 1.29 is 15.2 Å². The number of hydrogen-bond donors (Lipinski definition) is 2. The predicted octanol–water partition coefficient (Wildman–Crippen LogP) is 0.756. The van der Waals surface area contributed by atoms with Gasteiger partial charge in [0.05, 0.1) is 5.10 Å². The maximum Gasteiger partial charge on any atom is 0.438 e. The van der Waals surface area contributed by atoms with E-state index in [9.17, 15) is 15.3 Å². The molecule has 1 aromatic carbocycles. The van der Waals surface area contributed by atoms with Crippen molar-refractivity contribution in [3.8, 4) is 5.69 Å². The van der Waals surface area contributed by atoms with Crippen LogP contribution in [0.2, 0.25) is 5.02 Å². The average Bonchev–Trinajstić information content (AvgIpc) is 2.78. The second-order valence-corrected chi connectivity index (χ2v) is 4.45. The van der Waals surface area contributed by atoms with Gasteiger partial charge in [-0.25, -0.2) is 0 Å².